The van der Waals surface area contributed by atoms with Gasteiger partial charge in [0.25, 0.3) is 0 Å². The van der Waals surface area contributed by atoms with Crippen LogP contribution in [0.1, 0.15) is 5.69 Å². The summed E-state index contributed by atoms with van der Waals surface area (Å²) in [5.74, 6) is 0. The van der Waals surface area contributed by atoms with Crippen molar-refractivity contribution in [2.45, 2.75) is 6.92 Å². The molecule has 1 heterocycles. The lowest BCUT2D eigenvalue weighted by Crippen LogP contribution is -2.32. The van der Waals surface area contributed by atoms with Gasteiger partial charge in [0.2, 0.25) is 0 Å². The molecule has 0 aliphatic rings. The molecular formula is C6H7BClNO2. The summed E-state index contributed by atoms with van der Waals surface area (Å²) in [6, 6.07) is 1.48. The molecule has 0 spiro atoms. The average molecular weight is 171 g/mol. The van der Waals surface area contributed by atoms with Gasteiger partial charge in [0.15, 0.2) is 0 Å². The number of nitrogens with zero attached hydrogens (tertiary/aromatic N) is 1. The maximum atomic E-state index is 8.79. The van der Waals surface area contributed by atoms with E-state index in [1.54, 1.807) is 6.92 Å². The third kappa shape index (κ3) is 1.93. The molecule has 0 unspecified atom stereocenters. The third-order valence-electron chi connectivity index (χ3n) is 1.37. The zero-order valence-electron chi connectivity index (χ0n) is 5.95. The van der Waals surface area contributed by atoms with E-state index in [2.05, 4.69) is 4.98 Å². The summed E-state index contributed by atoms with van der Waals surface area (Å²) < 4.78 is 0. The number of aromatic nitrogens is 1. The van der Waals surface area contributed by atoms with Gasteiger partial charge in [-0.05, 0) is 13.0 Å². The van der Waals surface area contributed by atoms with Crippen LogP contribution in [-0.2, 0) is 0 Å². The van der Waals surface area contributed by atoms with Gasteiger partial charge in [-0.15, -0.1) is 0 Å². The molecule has 1 aromatic rings. The monoisotopic (exact) mass is 171 g/mol. The highest BCUT2D eigenvalue weighted by atomic mass is 35.5. The van der Waals surface area contributed by atoms with E-state index in [1.807, 2.05) is 0 Å². The first kappa shape index (κ1) is 8.52. The Bertz CT molecular complexity index is 267. The maximum Gasteiger partial charge on any atom is 0.490 e. The number of hydrogen-bond donors (Lipinski definition) is 2. The van der Waals surface area contributed by atoms with E-state index in [1.165, 1.54) is 12.3 Å². The van der Waals surface area contributed by atoms with E-state index < -0.39 is 7.12 Å². The van der Waals surface area contributed by atoms with Crippen LogP contribution in [0.15, 0.2) is 12.3 Å². The van der Waals surface area contributed by atoms with Crippen molar-refractivity contribution < 1.29 is 10.0 Å². The van der Waals surface area contributed by atoms with E-state index >= 15 is 0 Å². The number of aryl methyl sites for hydroxylation is 1. The fraction of sp³-hybridized carbons (Fsp3) is 0.167. The van der Waals surface area contributed by atoms with Crippen molar-refractivity contribution in [1.29, 1.82) is 0 Å². The molecule has 1 rings (SSSR count). The van der Waals surface area contributed by atoms with E-state index in [9.17, 15) is 0 Å². The Balaban J connectivity index is 3.13. The lowest BCUT2D eigenvalue weighted by atomic mass is 9.79. The Morgan fingerprint density at radius 3 is 2.64 bits per heavy atom. The van der Waals surface area contributed by atoms with Crippen molar-refractivity contribution in [2.24, 2.45) is 0 Å². The van der Waals surface area contributed by atoms with Gasteiger partial charge in [0.05, 0.1) is 5.02 Å². The first-order chi connectivity index (χ1) is 5.11. The van der Waals surface area contributed by atoms with Crippen molar-refractivity contribution >= 4 is 24.2 Å². The molecule has 2 N–H and O–H groups in total. The molecule has 58 valence electrons. The Labute approximate surface area is 69.8 Å². The highest BCUT2D eigenvalue weighted by Gasteiger charge is 2.14. The first-order valence-corrected chi connectivity index (χ1v) is 3.47. The molecule has 0 fully saturated rings. The van der Waals surface area contributed by atoms with E-state index in [0.29, 0.717) is 16.2 Å². The van der Waals surface area contributed by atoms with E-state index in [0.717, 1.165) is 0 Å². The van der Waals surface area contributed by atoms with Crippen LogP contribution in [-0.4, -0.2) is 22.2 Å². The summed E-state index contributed by atoms with van der Waals surface area (Å²) in [6.07, 6.45) is 1.46. The Hall–Kier alpha value is -0.575. The lowest BCUT2D eigenvalue weighted by Gasteiger charge is -2.02. The minimum absolute atomic E-state index is 0.345. The van der Waals surface area contributed by atoms with Gasteiger partial charge in [0.1, 0.15) is 0 Å². The zero-order valence-corrected chi connectivity index (χ0v) is 6.71. The smallest absolute Gasteiger partial charge is 0.423 e. The highest BCUT2D eigenvalue weighted by Crippen LogP contribution is 2.03. The molecule has 0 amide bonds. The van der Waals surface area contributed by atoms with Crippen molar-refractivity contribution in [3.8, 4) is 0 Å². The molecular weight excluding hydrogens is 164 g/mol. The predicted octanol–water partition coefficient (Wildman–Crippen LogP) is -0.277. The minimum atomic E-state index is -1.50. The van der Waals surface area contributed by atoms with Gasteiger partial charge in [-0.2, -0.15) is 0 Å². The second kappa shape index (κ2) is 3.22. The summed E-state index contributed by atoms with van der Waals surface area (Å²) in [7, 11) is -1.50. The van der Waals surface area contributed by atoms with Crippen LogP contribution in [0.3, 0.4) is 0 Å². The summed E-state index contributed by atoms with van der Waals surface area (Å²) in [6.45, 7) is 1.69. The van der Waals surface area contributed by atoms with E-state index in [-0.39, 0.29) is 0 Å². The van der Waals surface area contributed by atoms with Crippen LogP contribution in [0, 0.1) is 6.92 Å². The second-order valence-corrected chi connectivity index (χ2v) is 2.64. The molecule has 0 aliphatic carbocycles. The molecule has 3 nitrogen and oxygen atoms in total. The quantitative estimate of drug-likeness (QED) is 0.572. The molecule has 11 heavy (non-hydrogen) atoms. The number of rotatable bonds is 1. The molecule has 0 aliphatic heterocycles. The predicted molar refractivity (Wildman–Crippen MR) is 43.8 cm³/mol. The van der Waals surface area contributed by atoms with Gasteiger partial charge >= 0.3 is 7.12 Å². The molecule has 1 aromatic heterocycles. The van der Waals surface area contributed by atoms with Gasteiger partial charge in [-0.25, -0.2) is 0 Å². The number of halogens is 1. The Morgan fingerprint density at radius 2 is 2.18 bits per heavy atom. The fourth-order valence-corrected chi connectivity index (χ4v) is 0.951. The standard InChI is InChI=1S/C6H7BClNO2/c1-4-6(7(10)11)2-5(8)3-9-4/h2-3,10-11H,1H3. The molecule has 0 saturated carbocycles. The van der Waals surface area contributed by atoms with Crippen LogP contribution in [0.5, 0.6) is 0 Å². The Morgan fingerprint density at radius 1 is 1.55 bits per heavy atom. The molecule has 0 saturated heterocycles. The molecule has 5 heteroatoms. The third-order valence-corrected chi connectivity index (χ3v) is 1.58. The number of pyridine rings is 1. The largest absolute Gasteiger partial charge is 0.490 e. The summed E-state index contributed by atoms with van der Waals surface area (Å²) >= 11 is 5.58. The SMILES string of the molecule is Cc1ncc(Cl)cc1B(O)O. The molecule has 0 aromatic carbocycles. The minimum Gasteiger partial charge on any atom is -0.423 e. The first-order valence-electron chi connectivity index (χ1n) is 3.09. The van der Waals surface area contributed by atoms with Crippen LogP contribution in [0.25, 0.3) is 0 Å². The average Bonchev–Trinajstić information content (AvgIpc) is 1.94. The topological polar surface area (TPSA) is 53.4 Å². The van der Waals surface area contributed by atoms with Crippen LogP contribution < -0.4 is 5.46 Å². The second-order valence-electron chi connectivity index (χ2n) is 2.20. The summed E-state index contributed by atoms with van der Waals surface area (Å²) in [5.41, 5.74) is 0.918. The van der Waals surface area contributed by atoms with E-state index in [4.69, 9.17) is 21.6 Å². The van der Waals surface area contributed by atoms with Crippen LogP contribution in [0.4, 0.5) is 0 Å². The van der Waals surface area contributed by atoms with Gasteiger partial charge < -0.3 is 10.0 Å². The fourth-order valence-electron chi connectivity index (χ4n) is 0.785. The van der Waals surface area contributed by atoms with Gasteiger partial charge in [-0.1, -0.05) is 11.6 Å². The highest BCUT2D eigenvalue weighted by molar-refractivity contribution is 6.59. The van der Waals surface area contributed by atoms with Crippen molar-refractivity contribution in [3.63, 3.8) is 0 Å². The molecule has 0 atom stereocenters. The number of hydrogen-bond acceptors (Lipinski definition) is 3. The van der Waals surface area contributed by atoms with Crippen molar-refractivity contribution in [1.82, 2.24) is 4.98 Å². The Kier molecular flexibility index (Phi) is 2.49. The van der Waals surface area contributed by atoms with Crippen LogP contribution >= 0.6 is 11.6 Å². The summed E-state index contributed by atoms with van der Waals surface area (Å²) in [5, 5.41) is 18.0. The molecule has 0 bridgehead atoms. The van der Waals surface area contributed by atoms with Gasteiger partial charge in [0, 0.05) is 17.4 Å². The molecule has 0 radical (unpaired) electrons. The normalized spacial score (nSPS) is 9.82. The van der Waals surface area contributed by atoms with Gasteiger partial charge in [-0.3, -0.25) is 4.98 Å². The van der Waals surface area contributed by atoms with Crippen LogP contribution in [0.2, 0.25) is 5.02 Å². The zero-order chi connectivity index (χ0) is 8.43. The summed E-state index contributed by atoms with van der Waals surface area (Å²) in [4.78, 5) is 3.85. The van der Waals surface area contributed by atoms with Crippen molar-refractivity contribution in [3.05, 3.63) is 23.0 Å². The maximum absolute atomic E-state index is 8.79. The van der Waals surface area contributed by atoms with Crippen molar-refractivity contribution in [2.75, 3.05) is 0 Å². The lowest BCUT2D eigenvalue weighted by molar-refractivity contribution is 0.425.